The molecule has 0 aromatic carbocycles. The van der Waals surface area contributed by atoms with Gasteiger partial charge in [-0.1, -0.05) is 0 Å². The third-order valence-electron chi connectivity index (χ3n) is 6.43. The van der Waals surface area contributed by atoms with Crippen molar-refractivity contribution < 1.29 is 14.3 Å². The zero-order valence-corrected chi connectivity index (χ0v) is 17.0. The fourth-order valence-electron chi connectivity index (χ4n) is 4.73. The molecule has 3 fully saturated rings. The zero-order valence-electron chi connectivity index (χ0n) is 17.0. The maximum absolute atomic E-state index is 12.9. The van der Waals surface area contributed by atoms with Gasteiger partial charge in [-0.05, 0) is 44.4 Å². The lowest BCUT2D eigenvalue weighted by Gasteiger charge is -2.43. The van der Waals surface area contributed by atoms with E-state index in [0.717, 1.165) is 65.0 Å². The molecule has 1 atom stereocenters. The summed E-state index contributed by atoms with van der Waals surface area (Å²) in [4.78, 5) is 36.0. The van der Waals surface area contributed by atoms with E-state index in [2.05, 4.69) is 9.88 Å². The summed E-state index contributed by atoms with van der Waals surface area (Å²) < 4.78 is 5.37. The molecular formula is C21H31N5O3. The third-order valence-corrected chi connectivity index (χ3v) is 6.43. The molecule has 0 radical (unpaired) electrons. The van der Waals surface area contributed by atoms with Crippen molar-refractivity contribution in [3.8, 4) is 0 Å². The zero-order chi connectivity index (χ0) is 20.2. The second-order valence-corrected chi connectivity index (χ2v) is 8.27. The fraction of sp³-hybridized carbons (Fsp3) is 0.667. The normalized spacial score (nSPS) is 24.5. The summed E-state index contributed by atoms with van der Waals surface area (Å²) in [5, 5.41) is 0. The van der Waals surface area contributed by atoms with Gasteiger partial charge in [0.1, 0.15) is 5.82 Å². The van der Waals surface area contributed by atoms with Crippen LogP contribution >= 0.6 is 0 Å². The number of carbonyl (C=O) groups excluding carboxylic acids is 2. The maximum atomic E-state index is 12.9. The number of ether oxygens (including phenoxy) is 1. The van der Waals surface area contributed by atoms with E-state index in [1.54, 1.807) is 18.3 Å². The largest absolute Gasteiger partial charge is 0.384 e. The number of nitrogens with zero attached hydrogens (tertiary/aromatic N) is 4. The molecule has 4 heterocycles. The Kier molecular flexibility index (Phi) is 6.30. The SMILES string of the molecule is Nc1ccc(C(=O)N2CCC(N3CCC[C@H](C(=O)N4CCOCC4)C3)CC2)cn1. The molecule has 3 aliphatic heterocycles. The van der Waals surface area contributed by atoms with Crippen LogP contribution in [0.15, 0.2) is 18.3 Å². The van der Waals surface area contributed by atoms with Crippen LogP contribution in [0.25, 0.3) is 0 Å². The second kappa shape index (κ2) is 9.09. The van der Waals surface area contributed by atoms with E-state index in [0.29, 0.717) is 36.5 Å². The van der Waals surface area contributed by atoms with E-state index >= 15 is 0 Å². The average molecular weight is 402 g/mol. The van der Waals surface area contributed by atoms with Crippen molar-refractivity contribution in [3.63, 3.8) is 0 Å². The Bertz CT molecular complexity index is 712. The van der Waals surface area contributed by atoms with Crippen LogP contribution in [0, 0.1) is 5.92 Å². The van der Waals surface area contributed by atoms with Gasteiger partial charge in [-0.2, -0.15) is 0 Å². The molecule has 2 amide bonds. The van der Waals surface area contributed by atoms with Crippen molar-refractivity contribution >= 4 is 17.6 Å². The lowest BCUT2D eigenvalue weighted by molar-refractivity contribution is -0.141. The summed E-state index contributed by atoms with van der Waals surface area (Å²) in [6, 6.07) is 3.85. The molecule has 4 rings (SSSR count). The van der Waals surface area contributed by atoms with Gasteiger partial charge in [0.15, 0.2) is 0 Å². The van der Waals surface area contributed by atoms with Gasteiger partial charge in [-0.15, -0.1) is 0 Å². The highest BCUT2D eigenvalue weighted by Gasteiger charge is 2.34. The molecule has 0 spiro atoms. The van der Waals surface area contributed by atoms with Crippen LogP contribution in [0.3, 0.4) is 0 Å². The van der Waals surface area contributed by atoms with Gasteiger partial charge < -0.3 is 20.3 Å². The third kappa shape index (κ3) is 4.70. The van der Waals surface area contributed by atoms with Gasteiger partial charge in [0.2, 0.25) is 5.91 Å². The lowest BCUT2D eigenvalue weighted by atomic mass is 9.92. The monoisotopic (exact) mass is 401 g/mol. The molecule has 0 unspecified atom stereocenters. The van der Waals surface area contributed by atoms with Crippen LogP contribution in [0.4, 0.5) is 5.82 Å². The molecule has 2 N–H and O–H groups in total. The van der Waals surface area contributed by atoms with Crippen molar-refractivity contribution in [3.05, 3.63) is 23.9 Å². The second-order valence-electron chi connectivity index (χ2n) is 8.27. The fourth-order valence-corrected chi connectivity index (χ4v) is 4.73. The maximum Gasteiger partial charge on any atom is 0.255 e. The van der Waals surface area contributed by atoms with Gasteiger partial charge in [-0.25, -0.2) is 4.98 Å². The van der Waals surface area contributed by atoms with E-state index in [9.17, 15) is 9.59 Å². The minimum atomic E-state index is 0.0231. The van der Waals surface area contributed by atoms with Crippen molar-refractivity contribution in [2.24, 2.45) is 5.92 Å². The van der Waals surface area contributed by atoms with E-state index in [1.165, 1.54) is 0 Å². The number of anilines is 1. The van der Waals surface area contributed by atoms with Crippen LogP contribution in [0.5, 0.6) is 0 Å². The standard InChI is InChI=1S/C21H31N5O3/c22-19-4-3-16(14-23-19)20(27)24-8-5-18(6-9-24)26-7-1-2-17(15-26)21(28)25-10-12-29-13-11-25/h3-4,14,17-18H,1-2,5-13,15H2,(H2,22,23)/t17-/m0/s1. The summed E-state index contributed by atoms with van der Waals surface area (Å²) in [6.45, 7) is 6.12. The number of likely N-dealkylation sites (tertiary alicyclic amines) is 2. The Labute approximate surface area is 172 Å². The van der Waals surface area contributed by atoms with Gasteiger partial charge in [0.25, 0.3) is 5.91 Å². The first-order valence-corrected chi connectivity index (χ1v) is 10.7. The minimum Gasteiger partial charge on any atom is -0.384 e. The molecule has 8 nitrogen and oxygen atoms in total. The number of hydrogen-bond donors (Lipinski definition) is 1. The lowest BCUT2D eigenvalue weighted by Crippen LogP contribution is -2.53. The Morgan fingerprint density at radius 3 is 2.45 bits per heavy atom. The number of aromatic nitrogens is 1. The number of morpholine rings is 1. The smallest absolute Gasteiger partial charge is 0.255 e. The van der Waals surface area contributed by atoms with Crippen LogP contribution in [-0.4, -0.2) is 90.0 Å². The average Bonchev–Trinajstić information content (AvgIpc) is 2.79. The molecule has 1 aromatic heterocycles. The first-order chi connectivity index (χ1) is 14.1. The number of nitrogen functional groups attached to an aromatic ring is 1. The van der Waals surface area contributed by atoms with E-state index in [-0.39, 0.29) is 11.8 Å². The van der Waals surface area contributed by atoms with Crippen LogP contribution < -0.4 is 5.73 Å². The summed E-state index contributed by atoms with van der Waals surface area (Å²) in [5.74, 6) is 0.838. The van der Waals surface area contributed by atoms with Gasteiger partial charge in [0, 0.05) is 45.0 Å². The Morgan fingerprint density at radius 2 is 1.76 bits per heavy atom. The van der Waals surface area contributed by atoms with Crippen molar-refractivity contribution in [2.75, 3.05) is 58.2 Å². The molecule has 0 saturated carbocycles. The molecule has 3 aliphatic rings. The quantitative estimate of drug-likeness (QED) is 0.807. The summed E-state index contributed by atoms with van der Waals surface area (Å²) >= 11 is 0. The number of hydrogen-bond acceptors (Lipinski definition) is 6. The number of nitrogens with two attached hydrogens (primary N) is 1. The predicted octanol–water partition coefficient (Wildman–Crippen LogP) is 0.839. The molecule has 1 aromatic rings. The van der Waals surface area contributed by atoms with E-state index < -0.39 is 0 Å². The van der Waals surface area contributed by atoms with Crippen molar-refractivity contribution in [2.45, 2.75) is 31.7 Å². The van der Waals surface area contributed by atoms with Crippen LogP contribution in [0.2, 0.25) is 0 Å². The Morgan fingerprint density at radius 1 is 1.00 bits per heavy atom. The summed E-state index contributed by atoms with van der Waals surface area (Å²) in [7, 11) is 0. The predicted molar refractivity (Wildman–Crippen MR) is 109 cm³/mol. The number of pyridine rings is 1. The van der Waals surface area contributed by atoms with Gasteiger partial charge >= 0.3 is 0 Å². The van der Waals surface area contributed by atoms with Gasteiger partial charge in [-0.3, -0.25) is 14.5 Å². The Balaban J connectivity index is 1.29. The summed E-state index contributed by atoms with van der Waals surface area (Å²) in [6.07, 6.45) is 5.50. The van der Waals surface area contributed by atoms with Gasteiger partial charge in [0.05, 0.1) is 24.7 Å². The highest BCUT2D eigenvalue weighted by molar-refractivity contribution is 5.94. The number of piperidine rings is 2. The van der Waals surface area contributed by atoms with E-state index in [4.69, 9.17) is 10.5 Å². The molecule has 158 valence electrons. The first-order valence-electron chi connectivity index (χ1n) is 10.7. The number of rotatable bonds is 3. The molecule has 29 heavy (non-hydrogen) atoms. The molecule has 8 heteroatoms. The van der Waals surface area contributed by atoms with Crippen molar-refractivity contribution in [1.82, 2.24) is 19.7 Å². The molecule has 3 saturated heterocycles. The highest BCUT2D eigenvalue weighted by Crippen LogP contribution is 2.26. The Hall–Kier alpha value is -2.19. The molecular weight excluding hydrogens is 370 g/mol. The summed E-state index contributed by atoms with van der Waals surface area (Å²) in [5.41, 5.74) is 6.20. The molecule has 0 bridgehead atoms. The van der Waals surface area contributed by atoms with Crippen LogP contribution in [-0.2, 0) is 9.53 Å². The van der Waals surface area contributed by atoms with E-state index in [1.807, 2.05) is 9.80 Å². The van der Waals surface area contributed by atoms with Crippen LogP contribution in [0.1, 0.15) is 36.0 Å². The van der Waals surface area contributed by atoms with Crippen molar-refractivity contribution in [1.29, 1.82) is 0 Å². The number of carbonyl (C=O) groups is 2. The highest BCUT2D eigenvalue weighted by atomic mass is 16.5. The molecule has 0 aliphatic carbocycles. The first kappa shape index (κ1) is 20.1. The number of amides is 2. The minimum absolute atomic E-state index is 0.0231. The topological polar surface area (TPSA) is 92.0 Å².